The van der Waals surface area contributed by atoms with Crippen LogP contribution < -0.4 is 5.32 Å². The van der Waals surface area contributed by atoms with Crippen LogP contribution in [0.5, 0.6) is 0 Å². The third kappa shape index (κ3) is 4.68. The van der Waals surface area contributed by atoms with E-state index in [1.54, 1.807) is 18.2 Å². The van der Waals surface area contributed by atoms with Gasteiger partial charge >= 0.3 is 5.51 Å². The number of nitrogens with zero attached hydrogens (tertiary/aromatic N) is 1. The first-order valence-corrected chi connectivity index (χ1v) is 11.2. The van der Waals surface area contributed by atoms with Gasteiger partial charge in [-0.2, -0.15) is 17.5 Å². The van der Waals surface area contributed by atoms with E-state index in [0.717, 1.165) is 16.4 Å². The molecule has 1 aliphatic heterocycles. The summed E-state index contributed by atoms with van der Waals surface area (Å²) in [5, 5.41) is 2.52. The van der Waals surface area contributed by atoms with E-state index >= 15 is 0 Å². The molecule has 1 N–H and O–H groups in total. The SMILES string of the molecule is O=C(Nc1ccc([S@@](=O)C(F)(F)F)cc1)[C@H]1CCCN1S(=O)(=O)c1ccccc1. The summed E-state index contributed by atoms with van der Waals surface area (Å²) in [4.78, 5) is 12.3. The number of hydrogen-bond acceptors (Lipinski definition) is 4. The van der Waals surface area contributed by atoms with Crippen molar-refractivity contribution in [3.63, 3.8) is 0 Å². The van der Waals surface area contributed by atoms with Gasteiger partial charge in [0.05, 0.1) is 4.90 Å². The van der Waals surface area contributed by atoms with Gasteiger partial charge in [0.1, 0.15) is 6.04 Å². The molecule has 156 valence electrons. The van der Waals surface area contributed by atoms with Crippen LogP contribution in [0.1, 0.15) is 12.8 Å². The highest BCUT2D eigenvalue weighted by Gasteiger charge is 2.40. The van der Waals surface area contributed by atoms with E-state index in [1.807, 2.05) is 0 Å². The van der Waals surface area contributed by atoms with Crippen LogP contribution >= 0.6 is 0 Å². The number of sulfonamides is 1. The fraction of sp³-hybridized carbons (Fsp3) is 0.278. The van der Waals surface area contributed by atoms with Crippen LogP contribution in [0.15, 0.2) is 64.4 Å². The van der Waals surface area contributed by atoms with Gasteiger partial charge in [-0.05, 0) is 49.2 Å². The Kier molecular flexibility index (Phi) is 6.11. The molecule has 1 heterocycles. The van der Waals surface area contributed by atoms with Crippen LogP contribution in [-0.4, -0.2) is 40.9 Å². The Morgan fingerprint density at radius 3 is 2.28 bits per heavy atom. The van der Waals surface area contributed by atoms with E-state index in [4.69, 9.17) is 0 Å². The summed E-state index contributed by atoms with van der Waals surface area (Å²) >= 11 is 0. The maximum Gasteiger partial charge on any atom is 0.475 e. The van der Waals surface area contributed by atoms with Crippen molar-refractivity contribution in [2.75, 3.05) is 11.9 Å². The number of halogens is 3. The van der Waals surface area contributed by atoms with Crippen molar-refractivity contribution in [1.82, 2.24) is 4.31 Å². The molecule has 0 aromatic heterocycles. The van der Waals surface area contributed by atoms with Crippen molar-refractivity contribution in [1.29, 1.82) is 0 Å². The third-order valence-corrected chi connectivity index (χ3v) is 7.45. The van der Waals surface area contributed by atoms with Crippen LogP contribution in [0.2, 0.25) is 0 Å². The van der Waals surface area contributed by atoms with Gasteiger partial charge in [0.15, 0.2) is 10.8 Å². The Labute approximate surface area is 168 Å². The third-order valence-electron chi connectivity index (χ3n) is 4.40. The van der Waals surface area contributed by atoms with E-state index in [1.165, 1.54) is 24.3 Å². The predicted molar refractivity (Wildman–Crippen MR) is 101 cm³/mol. The van der Waals surface area contributed by atoms with Crippen molar-refractivity contribution in [2.45, 2.75) is 34.2 Å². The number of rotatable bonds is 5. The first-order chi connectivity index (χ1) is 13.6. The van der Waals surface area contributed by atoms with E-state index < -0.39 is 43.2 Å². The molecule has 1 aliphatic rings. The molecule has 0 radical (unpaired) electrons. The standard InChI is InChI=1S/C18H17F3N2O4S2/c19-18(20,21)28(25)14-10-8-13(9-11-14)22-17(24)16-7-4-12-23(16)29(26,27)15-5-2-1-3-6-15/h1-3,5-6,8-11,16H,4,7,12H2,(H,22,24)/t16-,28-/m1/s1. The number of benzene rings is 2. The molecule has 2 aromatic carbocycles. The monoisotopic (exact) mass is 446 g/mol. The minimum absolute atomic E-state index is 0.0821. The van der Waals surface area contributed by atoms with Crippen LogP contribution in [0.25, 0.3) is 0 Å². The molecule has 0 spiro atoms. The summed E-state index contributed by atoms with van der Waals surface area (Å²) in [6.45, 7) is 0.193. The molecule has 3 rings (SSSR count). The van der Waals surface area contributed by atoms with Gasteiger partial charge in [-0.3, -0.25) is 4.79 Å². The van der Waals surface area contributed by atoms with Crippen LogP contribution in [0, 0.1) is 0 Å². The van der Waals surface area contributed by atoms with Gasteiger partial charge in [0.2, 0.25) is 15.9 Å². The fourth-order valence-corrected chi connectivity index (χ4v) is 5.37. The Morgan fingerprint density at radius 1 is 1.07 bits per heavy atom. The lowest BCUT2D eigenvalue weighted by molar-refractivity contribution is -0.119. The van der Waals surface area contributed by atoms with Gasteiger partial charge in [-0.15, -0.1) is 0 Å². The number of anilines is 1. The number of hydrogen-bond donors (Lipinski definition) is 1. The minimum atomic E-state index is -4.87. The Bertz CT molecular complexity index is 1010. The van der Waals surface area contributed by atoms with Crippen molar-refractivity contribution in [2.24, 2.45) is 0 Å². The smallest absolute Gasteiger partial charge is 0.325 e. The summed E-state index contributed by atoms with van der Waals surface area (Å²) < 4.78 is 75.6. The zero-order chi connectivity index (χ0) is 21.2. The molecule has 0 aliphatic carbocycles. The Balaban J connectivity index is 1.74. The minimum Gasteiger partial charge on any atom is -0.325 e. The predicted octanol–water partition coefficient (Wildman–Crippen LogP) is 3.11. The zero-order valence-electron chi connectivity index (χ0n) is 14.9. The summed E-state index contributed by atoms with van der Waals surface area (Å²) in [6, 6.07) is 11.2. The lowest BCUT2D eigenvalue weighted by atomic mass is 10.2. The van der Waals surface area contributed by atoms with Gasteiger partial charge < -0.3 is 5.32 Å². The average molecular weight is 446 g/mol. The van der Waals surface area contributed by atoms with E-state index in [2.05, 4.69) is 5.32 Å². The largest absolute Gasteiger partial charge is 0.475 e. The second kappa shape index (κ2) is 8.25. The van der Waals surface area contributed by atoms with Gasteiger partial charge in [0.25, 0.3) is 0 Å². The first kappa shape index (κ1) is 21.5. The molecule has 6 nitrogen and oxygen atoms in total. The molecule has 29 heavy (non-hydrogen) atoms. The first-order valence-electron chi connectivity index (χ1n) is 8.57. The number of nitrogens with one attached hydrogen (secondary N) is 1. The van der Waals surface area contributed by atoms with E-state index in [0.29, 0.717) is 12.8 Å². The Hall–Kier alpha value is -2.24. The van der Waals surface area contributed by atoms with Crippen molar-refractivity contribution in [3.05, 3.63) is 54.6 Å². The van der Waals surface area contributed by atoms with Crippen LogP contribution in [0.4, 0.5) is 18.9 Å². The van der Waals surface area contributed by atoms with Crippen LogP contribution in [0.3, 0.4) is 0 Å². The lowest BCUT2D eigenvalue weighted by Gasteiger charge is -2.23. The quantitative estimate of drug-likeness (QED) is 0.765. The molecule has 11 heteroatoms. The topological polar surface area (TPSA) is 83.6 Å². The molecular formula is C18H17F3N2O4S2. The maximum atomic E-state index is 12.8. The summed E-state index contributed by atoms with van der Waals surface area (Å²) in [6.07, 6.45) is 0.835. The zero-order valence-corrected chi connectivity index (χ0v) is 16.6. The second-order valence-electron chi connectivity index (χ2n) is 6.31. The fourth-order valence-electron chi connectivity index (χ4n) is 3.04. The number of carbonyl (C=O) groups excluding carboxylic acids is 1. The highest BCUT2D eigenvalue weighted by Crippen LogP contribution is 2.29. The number of amides is 1. The normalized spacial score (nSPS) is 19.1. The van der Waals surface area contributed by atoms with Crippen molar-refractivity contribution < 1.29 is 30.6 Å². The number of alkyl halides is 3. The second-order valence-corrected chi connectivity index (χ2v) is 9.68. The average Bonchev–Trinajstić information content (AvgIpc) is 3.19. The van der Waals surface area contributed by atoms with Crippen molar-refractivity contribution >= 4 is 32.4 Å². The molecule has 0 bridgehead atoms. The summed E-state index contributed by atoms with van der Waals surface area (Å²) in [5.74, 6) is -0.577. The molecule has 1 amide bonds. The lowest BCUT2D eigenvalue weighted by Crippen LogP contribution is -2.43. The van der Waals surface area contributed by atoms with E-state index in [-0.39, 0.29) is 17.1 Å². The van der Waals surface area contributed by atoms with Gasteiger partial charge in [-0.1, -0.05) is 18.2 Å². The molecule has 1 fully saturated rings. The maximum absolute atomic E-state index is 12.8. The molecule has 0 unspecified atom stereocenters. The van der Waals surface area contributed by atoms with E-state index in [9.17, 15) is 30.6 Å². The summed E-state index contributed by atoms with van der Waals surface area (Å²) in [7, 11) is -7.01. The molecule has 0 saturated carbocycles. The molecular weight excluding hydrogens is 429 g/mol. The number of carbonyl (C=O) groups is 1. The van der Waals surface area contributed by atoms with Crippen LogP contribution in [-0.2, 0) is 25.6 Å². The Morgan fingerprint density at radius 2 is 1.69 bits per heavy atom. The van der Waals surface area contributed by atoms with Crippen molar-refractivity contribution in [3.8, 4) is 0 Å². The molecule has 2 aromatic rings. The highest BCUT2D eigenvalue weighted by atomic mass is 32.2. The highest BCUT2D eigenvalue weighted by molar-refractivity contribution is 7.89. The molecule has 2 atom stereocenters. The van der Waals surface area contributed by atoms with Gasteiger partial charge in [0, 0.05) is 17.1 Å². The molecule has 1 saturated heterocycles. The summed E-state index contributed by atoms with van der Waals surface area (Å²) in [5.41, 5.74) is -4.69. The van der Waals surface area contributed by atoms with Gasteiger partial charge in [-0.25, -0.2) is 12.6 Å².